The predicted octanol–water partition coefficient (Wildman–Crippen LogP) is 3.31. The normalized spacial score (nSPS) is 20.2. The lowest BCUT2D eigenvalue weighted by Crippen LogP contribution is -2.44. The lowest BCUT2D eigenvalue weighted by Gasteiger charge is -2.38. The summed E-state index contributed by atoms with van der Waals surface area (Å²) in [4.78, 5) is 15.3. The van der Waals surface area contributed by atoms with Crippen LogP contribution >= 0.6 is 12.4 Å². The SMILES string of the molecule is Cc1ccc(-n2nc(C(=O)N3CCC4(CCNC4)CC3)c3c2CCC3)cc1.Cl. The molecule has 5 nitrogen and oxygen atoms in total. The number of hydrogen-bond acceptors (Lipinski definition) is 3. The molecule has 5 rings (SSSR count). The number of aryl methyl sites for hydroxylation is 1. The summed E-state index contributed by atoms with van der Waals surface area (Å²) in [5.41, 5.74) is 5.84. The van der Waals surface area contributed by atoms with E-state index in [-0.39, 0.29) is 18.3 Å². The predicted molar refractivity (Wildman–Crippen MR) is 113 cm³/mol. The third-order valence-electron chi connectivity index (χ3n) is 6.85. The highest BCUT2D eigenvalue weighted by Crippen LogP contribution is 2.37. The second-order valence-electron chi connectivity index (χ2n) is 8.59. The highest BCUT2D eigenvalue weighted by Gasteiger charge is 2.39. The van der Waals surface area contributed by atoms with Crippen LogP contribution in [0.25, 0.3) is 5.69 Å². The van der Waals surface area contributed by atoms with Gasteiger partial charge in [-0.1, -0.05) is 17.7 Å². The maximum Gasteiger partial charge on any atom is 0.274 e. The number of piperidine rings is 1. The molecule has 28 heavy (non-hydrogen) atoms. The molecule has 3 heterocycles. The summed E-state index contributed by atoms with van der Waals surface area (Å²) in [6.07, 6.45) is 6.60. The topological polar surface area (TPSA) is 50.2 Å². The number of halogens is 1. The molecule has 1 spiro atoms. The molecule has 1 N–H and O–H groups in total. The number of amides is 1. The largest absolute Gasteiger partial charge is 0.337 e. The van der Waals surface area contributed by atoms with Crippen molar-refractivity contribution < 1.29 is 4.79 Å². The van der Waals surface area contributed by atoms with E-state index in [2.05, 4.69) is 36.5 Å². The molecule has 0 bridgehead atoms. The van der Waals surface area contributed by atoms with Gasteiger partial charge in [-0.05, 0) is 69.5 Å². The Morgan fingerprint density at radius 3 is 2.54 bits per heavy atom. The fourth-order valence-corrected chi connectivity index (χ4v) is 5.06. The smallest absolute Gasteiger partial charge is 0.274 e. The van der Waals surface area contributed by atoms with Gasteiger partial charge >= 0.3 is 0 Å². The second kappa shape index (κ2) is 7.53. The molecule has 150 valence electrons. The van der Waals surface area contributed by atoms with Crippen molar-refractivity contribution in [2.75, 3.05) is 26.2 Å². The molecule has 2 aromatic rings. The van der Waals surface area contributed by atoms with Crippen LogP contribution in [0, 0.1) is 12.3 Å². The van der Waals surface area contributed by atoms with Crippen LogP contribution in [0.1, 0.15) is 53.0 Å². The third kappa shape index (κ3) is 3.25. The maximum atomic E-state index is 13.3. The highest BCUT2D eigenvalue weighted by molar-refractivity contribution is 5.94. The first-order chi connectivity index (χ1) is 13.2. The first-order valence-corrected chi connectivity index (χ1v) is 10.3. The van der Waals surface area contributed by atoms with E-state index in [0.717, 1.165) is 64.0 Å². The van der Waals surface area contributed by atoms with E-state index in [0.29, 0.717) is 11.1 Å². The lowest BCUT2D eigenvalue weighted by molar-refractivity contribution is 0.0600. The Labute approximate surface area is 172 Å². The summed E-state index contributed by atoms with van der Waals surface area (Å²) in [6.45, 7) is 6.07. The molecule has 2 aliphatic heterocycles. The van der Waals surface area contributed by atoms with E-state index in [9.17, 15) is 4.79 Å². The summed E-state index contributed by atoms with van der Waals surface area (Å²) in [5.74, 6) is 0.139. The summed E-state index contributed by atoms with van der Waals surface area (Å²) in [5, 5.41) is 8.31. The molecule has 0 atom stereocenters. The molecule has 0 saturated carbocycles. The van der Waals surface area contributed by atoms with Gasteiger partial charge in [-0.15, -0.1) is 12.4 Å². The molecular formula is C22H29ClN4O. The summed E-state index contributed by atoms with van der Waals surface area (Å²) < 4.78 is 2.02. The average molecular weight is 401 g/mol. The summed E-state index contributed by atoms with van der Waals surface area (Å²) in [7, 11) is 0. The van der Waals surface area contributed by atoms with E-state index in [1.165, 1.54) is 23.2 Å². The van der Waals surface area contributed by atoms with E-state index < -0.39 is 0 Å². The van der Waals surface area contributed by atoms with Gasteiger partial charge in [0.05, 0.1) is 5.69 Å². The van der Waals surface area contributed by atoms with Crippen molar-refractivity contribution >= 4 is 18.3 Å². The van der Waals surface area contributed by atoms with Gasteiger partial charge in [-0.25, -0.2) is 4.68 Å². The minimum Gasteiger partial charge on any atom is -0.337 e. The molecule has 2 fully saturated rings. The number of benzene rings is 1. The van der Waals surface area contributed by atoms with Crippen molar-refractivity contribution in [3.05, 3.63) is 46.8 Å². The monoisotopic (exact) mass is 400 g/mol. The van der Waals surface area contributed by atoms with Gasteiger partial charge in [0.15, 0.2) is 5.69 Å². The molecule has 1 aliphatic carbocycles. The molecule has 0 radical (unpaired) electrons. The Morgan fingerprint density at radius 2 is 1.86 bits per heavy atom. The van der Waals surface area contributed by atoms with Crippen LogP contribution in [0.5, 0.6) is 0 Å². The number of carbonyl (C=O) groups excluding carboxylic acids is 1. The van der Waals surface area contributed by atoms with Crippen molar-refractivity contribution in [2.24, 2.45) is 5.41 Å². The molecular weight excluding hydrogens is 372 g/mol. The number of hydrogen-bond donors (Lipinski definition) is 1. The maximum absolute atomic E-state index is 13.3. The van der Waals surface area contributed by atoms with Crippen LogP contribution in [-0.4, -0.2) is 46.8 Å². The zero-order chi connectivity index (χ0) is 18.4. The van der Waals surface area contributed by atoms with Crippen molar-refractivity contribution in [3.8, 4) is 5.69 Å². The number of rotatable bonds is 2. The fourth-order valence-electron chi connectivity index (χ4n) is 5.06. The standard InChI is InChI=1S/C22H28N4O.ClH/c1-16-5-7-17(8-6-16)26-19-4-2-3-18(19)20(24-26)21(27)25-13-10-22(11-14-25)9-12-23-15-22;/h5-8,23H,2-4,9-15H2,1H3;1H. The van der Waals surface area contributed by atoms with Gasteiger partial charge in [0.1, 0.15) is 0 Å². The number of aromatic nitrogens is 2. The Morgan fingerprint density at radius 1 is 1.11 bits per heavy atom. The zero-order valence-electron chi connectivity index (χ0n) is 16.5. The number of nitrogens with one attached hydrogen (secondary N) is 1. The minimum atomic E-state index is 0. The fraction of sp³-hybridized carbons (Fsp3) is 0.545. The van der Waals surface area contributed by atoms with E-state index in [1.54, 1.807) is 0 Å². The van der Waals surface area contributed by atoms with Crippen molar-refractivity contribution in [1.29, 1.82) is 0 Å². The van der Waals surface area contributed by atoms with Crippen molar-refractivity contribution in [2.45, 2.75) is 45.4 Å². The highest BCUT2D eigenvalue weighted by atomic mass is 35.5. The molecule has 0 unspecified atom stereocenters. The van der Waals surface area contributed by atoms with E-state index in [4.69, 9.17) is 5.10 Å². The Kier molecular flexibility index (Phi) is 5.23. The molecule has 3 aliphatic rings. The summed E-state index contributed by atoms with van der Waals surface area (Å²) >= 11 is 0. The number of fused-ring (bicyclic) bond motifs is 1. The summed E-state index contributed by atoms with van der Waals surface area (Å²) in [6, 6.07) is 8.43. The van der Waals surface area contributed by atoms with Crippen molar-refractivity contribution in [3.63, 3.8) is 0 Å². The number of nitrogens with zero attached hydrogens (tertiary/aromatic N) is 3. The number of likely N-dealkylation sites (tertiary alicyclic amines) is 1. The van der Waals surface area contributed by atoms with Crippen LogP contribution in [0.3, 0.4) is 0 Å². The lowest BCUT2D eigenvalue weighted by atomic mass is 9.78. The quantitative estimate of drug-likeness (QED) is 0.841. The van der Waals surface area contributed by atoms with Crippen LogP contribution in [0.2, 0.25) is 0 Å². The van der Waals surface area contributed by atoms with Gasteiger partial charge in [0.25, 0.3) is 5.91 Å². The minimum absolute atomic E-state index is 0. The van der Waals surface area contributed by atoms with Crippen LogP contribution in [-0.2, 0) is 12.8 Å². The first-order valence-electron chi connectivity index (χ1n) is 10.3. The van der Waals surface area contributed by atoms with Crippen LogP contribution in [0.15, 0.2) is 24.3 Å². The zero-order valence-corrected chi connectivity index (χ0v) is 17.4. The van der Waals surface area contributed by atoms with Gasteiger partial charge in [-0.2, -0.15) is 5.10 Å². The molecule has 6 heteroatoms. The van der Waals surface area contributed by atoms with E-state index >= 15 is 0 Å². The van der Waals surface area contributed by atoms with Gasteiger partial charge in [0, 0.05) is 30.9 Å². The van der Waals surface area contributed by atoms with Crippen molar-refractivity contribution in [1.82, 2.24) is 20.0 Å². The van der Waals surface area contributed by atoms with E-state index in [1.807, 2.05) is 9.58 Å². The van der Waals surface area contributed by atoms with Gasteiger partial charge < -0.3 is 10.2 Å². The average Bonchev–Trinajstić information content (AvgIpc) is 3.40. The van der Waals surface area contributed by atoms with Gasteiger partial charge in [0.2, 0.25) is 0 Å². The first kappa shape index (κ1) is 19.5. The molecule has 2 saturated heterocycles. The second-order valence-corrected chi connectivity index (χ2v) is 8.59. The third-order valence-corrected chi connectivity index (χ3v) is 6.85. The van der Waals surface area contributed by atoms with Crippen LogP contribution < -0.4 is 5.32 Å². The Hall–Kier alpha value is -1.85. The van der Waals surface area contributed by atoms with Gasteiger partial charge in [-0.3, -0.25) is 4.79 Å². The number of carbonyl (C=O) groups is 1. The van der Waals surface area contributed by atoms with Crippen LogP contribution in [0.4, 0.5) is 0 Å². The Balaban J connectivity index is 0.00000192. The molecule has 1 aromatic carbocycles. The molecule has 1 aromatic heterocycles. The Bertz CT molecular complexity index is 857. The molecule has 1 amide bonds.